The quantitative estimate of drug-likeness (QED) is 0.516. The molecule has 0 fully saturated rings. The van der Waals surface area contributed by atoms with Crippen LogP contribution < -0.4 is 16.0 Å². The van der Waals surface area contributed by atoms with E-state index in [1.165, 1.54) is 0 Å². The summed E-state index contributed by atoms with van der Waals surface area (Å²) in [6.45, 7) is 4.04. The van der Waals surface area contributed by atoms with Gasteiger partial charge in [0.1, 0.15) is 10.9 Å². The Balaban J connectivity index is 2.49. The molecule has 3 N–H and O–H groups in total. The number of benzene rings is 1. The minimum Gasteiger partial charge on any atom is -0.496 e. The molecule has 0 aliphatic rings. The molecule has 0 radical (unpaired) electrons. The highest BCUT2D eigenvalue weighted by Crippen LogP contribution is 2.30. The van der Waals surface area contributed by atoms with E-state index in [4.69, 9.17) is 22.2 Å². The van der Waals surface area contributed by atoms with Gasteiger partial charge in [-0.3, -0.25) is 5.84 Å². The summed E-state index contributed by atoms with van der Waals surface area (Å²) >= 11 is 5.95. The zero-order chi connectivity index (χ0) is 14.7. The van der Waals surface area contributed by atoms with Crippen LogP contribution >= 0.6 is 11.6 Å². The van der Waals surface area contributed by atoms with Gasteiger partial charge < -0.3 is 4.74 Å². The van der Waals surface area contributed by atoms with Crippen LogP contribution in [0.2, 0.25) is 5.15 Å². The first kappa shape index (κ1) is 14.8. The maximum atomic E-state index is 5.95. The summed E-state index contributed by atoms with van der Waals surface area (Å²) in [6.07, 6.45) is 1.67. The Kier molecular flexibility index (Phi) is 4.60. The zero-order valence-electron chi connectivity index (χ0n) is 11.8. The summed E-state index contributed by atoms with van der Waals surface area (Å²) in [5.74, 6) is 6.60. The van der Waals surface area contributed by atoms with Crippen LogP contribution in [0.25, 0.3) is 0 Å². The number of methoxy groups -OCH3 is 1. The summed E-state index contributed by atoms with van der Waals surface area (Å²) in [5, 5.41) is 0.450. The van der Waals surface area contributed by atoms with Crippen molar-refractivity contribution in [1.82, 2.24) is 10.4 Å². The predicted octanol–water partition coefficient (Wildman–Crippen LogP) is 2.91. The van der Waals surface area contributed by atoms with E-state index in [1.54, 1.807) is 13.3 Å². The standard InChI is InChI=1S/C15H18ClN3O/c1-9-7-13(20-3)10(2)6-12(9)15(19-17)11-4-5-18-14(16)8-11/h4-8,15,19H,17H2,1-3H3. The van der Waals surface area contributed by atoms with Crippen LogP contribution in [0.5, 0.6) is 5.75 Å². The Morgan fingerprint density at radius 1 is 1.25 bits per heavy atom. The van der Waals surface area contributed by atoms with Crippen LogP contribution in [0.1, 0.15) is 28.3 Å². The van der Waals surface area contributed by atoms with Gasteiger partial charge in [0, 0.05) is 6.20 Å². The van der Waals surface area contributed by atoms with Gasteiger partial charge in [-0.2, -0.15) is 0 Å². The molecule has 4 nitrogen and oxygen atoms in total. The number of nitrogens with two attached hydrogens (primary N) is 1. The highest BCUT2D eigenvalue weighted by atomic mass is 35.5. The molecule has 1 aromatic heterocycles. The van der Waals surface area contributed by atoms with E-state index in [2.05, 4.69) is 16.5 Å². The SMILES string of the molecule is COc1cc(C)c(C(NN)c2ccnc(Cl)c2)cc1C. The minimum absolute atomic E-state index is 0.139. The second-order valence-electron chi connectivity index (χ2n) is 4.69. The van der Waals surface area contributed by atoms with Crippen molar-refractivity contribution < 1.29 is 4.74 Å². The Hall–Kier alpha value is -1.62. The predicted molar refractivity (Wildman–Crippen MR) is 80.9 cm³/mol. The summed E-state index contributed by atoms with van der Waals surface area (Å²) < 4.78 is 5.34. The van der Waals surface area contributed by atoms with Crippen molar-refractivity contribution >= 4 is 11.6 Å². The normalized spacial score (nSPS) is 12.2. The Labute approximate surface area is 123 Å². The molecule has 1 aromatic carbocycles. The Morgan fingerprint density at radius 2 is 2.00 bits per heavy atom. The van der Waals surface area contributed by atoms with E-state index in [-0.39, 0.29) is 6.04 Å². The van der Waals surface area contributed by atoms with Gasteiger partial charge in [-0.1, -0.05) is 17.7 Å². The molecule has 2 rings (SSSR count). The summed E-state index contributed by atoms with van der Waals surface area (Å²) in [4.78, 5) is 3.99. The molecule has 5 heteroatoms. The van der Waals surface area contributed by atoms with Crippen molar-refractivity contribution in [2.24, 2.45) is 5.84 Å². The molecule has 0 amide bonds. The molecule has 1 unspecified atom stereocenters. The average molecular weight is 292 g/mol. The average Bonchev–Trinajstić information content (AvgIpc) is 2.43. The lowest BCUT2D eigenvalue weighted by molar-refractivity contribution is 0.411. The fourth-order valence-corrected chi connectivity index (χ4v) is 2.49. The van der Waals surface area contributed by atoms with Gasteiger partial charge in [-0.05, 0) is 54.3 Å². The number of hydrogen-bond acceptors (Lipinski definition) is 4. The Bertz CT molecular complexity index is 616. The number of halogens is 1. The number of pyridine rings is 1. The van der Waals surface area contributed by atoms with E-state index in [0.29, 0.717) is 5.15 Å². The van der Waals surface area contributed by atoms with Gasteiger partial charge in [0.2, 0.25) is 0 Å². The third-order valence-electron chi connectivity index (χ3n) is 3.35. The number of aromatic nitrogens is 1. The maximum absolute atomic E-state index is 5.95. The molecule has 1 heterocycles. The van der Waals surface area contributed by atoms with Crippen LogP contribution in [0.15, 0.2) is 30.5 Å². The minimum atomic E-state index is -0.139. The second kappa shape index (κ2) is 6.22. The number of ether oxygens (including phenoxy) is 1. The maximum Gasteiger partial charge on any atom is 0.129 e. The fourth-order valence-electron chi connectivity index (χ4n) is 2.31. The molecule has 1 atom stereocenters. The number of rotatable bonds is 4. The van der Waals surface area contributed by atoms with E-state index < -0.39 is 0 Å². The Morgan fingerprint density at radius 3 is 2.60 bits per heavy atom. The lowest BCUT2D eigenvalue weighted by Gasteiger charge is -2.21. The molecule has 106 valence electrons. The number of hydrazine groups is 1. The number of nitrogens with one attached hydrogen (secondary N) is 1. The fraction of sp³-hybridized carbons (Fsp3) is 0.267. The number of aryl methyl sites for hydroxylation is 2. The smallest absolute Gasteiger partial charge is 0.129 e. The van der Waals surface area contributed by atoms with Gasteiger partial charge in [0.05, 0.1) is 13.2 Å². The van der Waals surface area contributed by atoms with Crippen molar-refractivity contribution in [1.29, 1.82) is 0 Å². The van der Waals surface area contributed by atoms with Gasteiger partial charge in [0.25, 0.3) is 0 Å². The van der Waals surface area contributed by atoms with Gasteiger partial charge >= 0.3 is 0 Å². The van der Waals surface area contributed by atoms with E-state index in [0.717, 1.165) is 28.0 Å². The molecule has 0 spiro atoms. The van der Waals surface area contributed by atoms with Crippen molar-refractivity contribution in [3.05, 3.63) is 57.9 Å². The van der Waals surface area contributed by atoms with Crippen molar-refractivity contribution in [3.63, 3.8) is 0 Å². The first-order valence-corrected chi connectivity index (χ1v) is 6.67. The lowest BCUT2D eigenvalue weighted by Crippen LogP contribution is -2.29. The largest absolute Gasteiger partial charge is 0.496 e. The van der Waals surface area contributed by atoms with Gasteiger partial charge in [-0.25, -0.2) is 10.4 Å². The van der Waals surface area contributed by atoms with Crippen LogP contribution in [-0.2, 0) is 0 Å². The van der Waals surface area contributed by atoms with E-state index in [1.807, 2.05) is 32.0 Å². The highest BCUT2D eigenvalue weighted by molar-refractivity contribution is 6.29. The van der Waals surface area contributed by atoms with Gasteiger partial charge in [-0.15, -0.1) is 0 Å². The summed E-state index contributed by atoms with van der Waals surface area (Å²) in [5.41, 5.74) is 7.07. The van der Waals surface area contributed by atoms with Crippen LogP contribution in [0.3, 0.4) is 0 Å². The second-order valence-corrected chi connectivity index (χ2v) is 5.08. The first-order chi connectivity index (χ1) is 9.56. The molecule has 0 saturated heterocycles. The van der Waals surface area contributed by atoms with Gasteiger partial charge in [0.15, 0.2) is 0 Å². The summed E-state index contributed by atoms with van der Waals surface area (Å²) in [7, 11) is 1.67. The third-order valence-corrected chi connectivity index (χ3v) is 3.55. The zero-order valence-corrected chi connectivity index (χ0v) is 12.5. The van der Waals surface area contributed by atoms with Crippen LogP contribution in [0.4, 0.5) is 0 Å². The molecule has 0 saturated carbocycles. The van der Waals surface area contributed by atoms with Crippen molar-refractivity contribution in [3.8, 4) is 5.75 Å². The molecule has 0 aliphatic heterocycles. The molecular weight excluding hydrogens is 274 g/mol. The molecule has 20 heavy (non-hydrogen) atoms. The topological polar surface area (TPSA) is 60.2 Å². The van der Waals surface area contributed by atoms with Crippen molar-refractivity contribution in [2.45, 2.75) is 19.9 Å². The van der Waals surface area contributed by atoms with E-state index in [9.17, 15) is 0 Å². The molecular formula is C15H18ClN3O. The molecule has 0 bridgehead atoms. The van der Waals surface area contributed by atoms with E-state index >= 15 is 0 Å². The van der Waals surface area contributed by atoms with Crippen LogP contribution in [0, 0.1) is 13.8 Å². The van der Waals surface area contributed by atoms with Crippen molar-refractivity contribution in [2.75, 3.05) is 7.11 Å². The highest BCUT2D eigenvalue weighted by Gasteiger charge is 2.17. The summed E-state index contributed by atoms with van der Waals surface area (Å²) in [6, 6.07) is 7.66. The number of nitrogens with zero attached hydrogens (tertiary/aromatic N) is 1. The molecule has 2 aromatic rings. The third kappa shape index (κ3) is 2.93. The monoisotopic (exact) mass is 291 g/mol. The van der Waals surface area contributed by atoms with Crippen LogP contribution in [-0.4, -0.2) is 12.1 Å². The lowest BCUT2D eigenvalue weighted by atomic mass is 9.94. The first-order valence-electron chi connectivity index (χ1n) is 6.29. The number of hydrogen-bond donors (Lipinski definition) is 2. The molecule has 0 aliphatic carbocycles.